The van der Waals surface area contributed by atoms with Gasteiger partial charge in [0.1, 0.15) is 12.4 Å². The molecule has 1 aromatic carbocycles. The molecule has 0 radical (unpaired) electrons. The van der Waals surface area contributed by atoms with Gasteiger partial charge in [-0.15, -0.1) is 0 Å². The van der Waals surface area contributed by atoms with Crippen LogP contribution in [0.3, 0.4) is 0 Å². The molecule has 0 fully saturated rings. The molecule has 2 heterocycles. The minimum atomic E-state index is 0.568. The van der Waals surface area contributed by atoms with E-state index in [0.29, 0.717) is 6.61 Å². The molecular weight excluding hydrogens is 262 g/mol. The number of aryl methyl sites for hydroxylation is 3. The Bertz CT molecular complexity index is 618. The first-order valence-corrected chi connectivity index (χ1v) is 7.86. The number of benzene rings is 1. The highest BCUT2D eigenvalue weighted by Crippen LogP contribution is 2.32. The Hall–Kier alpha value is -1.97. The topological polar surface area (TPSA) is 39.1 Å². The van der Waals surface area contributed by atoms with Crippen LogP contribution in [-0.2, 0) is 26.0 Å². The molecular formula is C17H23N3O. The molecule has 3 rings (SSSR count). The number of fused-ring (bicyclic) bond motifs is 1. The molecule has 4 heteroatoms. The Morgan fingerprint density at radius 1 is 1.33 bits per heavy atom. The number of ether oxygens (including phenoxy) is 1. The minimum absolute atomic E-state index is 0.568. The van der Waals surface area contributed by atoms with Gasteiger partial charge in [0.25, 0.3) is 0 Å². The Balaban J connectivity index is 1.77. The molecule has 1 aromatic heterocycles. The van der Waals surface area contributed by atoms with E-state index in [1.165, 1.54) is 17.7 Å². The maximum Gasteiger partial charge on any atom is 0.143 e. The van der Waals surface area contributed by atoms with Crippen molar-refractivity contribution in [3.63, 3.8) is 0 Å². The normalized spacial score (nSPS) is 13.6. The molecule has 112 valence electrons. The monoisotopic (exact) mass is 285 g/mol. The van der Waals surface area contributed by atoms with Crippen molar-refractivity contribution in [2.24, 2.45) is 0 Å². The number of para-hydroxylation sites is 1. The molecule has 21 heavy (non-hydrogen) atoms. The van der Waals surface area contributed by atoms with E-state index in [1.54, 1.807) is 0 Å². The summed E-state index contributed by atoms with van der Waals surface area (Å²) in [6.45, 7) is 6.72. The molecule has 0 unspecified atom stereocenters. The fraction of sp³-hybridized carbons (Fsp3) is 0.471. The highest BCUT2D eigenvalue weighted by molar-refractivity contribution is 5.63. The van der Waals surface area contributed by atoms with E-state index < -0.39 is 0 Å². The fourth-order valence-electron chi connectivity index (χ4n) is 2.83. The minimum Gasteiger partial charge on any atom is -0.485 e. The lowest BCUT2D eigenvalue weighted by atomic mass is 10.0. The second-order valence-corrected chi connectivity index (χ2v) is 5.41. The Morgan fingerprint density at radius 2 is 2.24 bits per heavy atom. The number of hydrogen-bond acceptors (Lipinski definition) is 3. The van der Waals surface area contributed by atoms with Crippen molar-refractivity contribution in [3.05, 3.63) is 41.2 Å². The van der Waals surface area contributed by atoms with Crippen LogP contribution in [0.4, 0.5) is 5.69 Å². The van der Waals surface area contributed by atoms with Gasteiger partial charge in [-0.05, 0) is 43.9 Å². The highest BCUT2D eigenvalue weighted by Gasteiger charge is 2.14. The first kappa shape index (κ1) is 14.0. The second kappa shape index (κ2) is 6.20. The molecule has 0 saturated heterocycles. The molecule has 0 amide bonds. The molecule has 1 N–H and O–H groups in total. The van der Waals surface area contributed by atoms with Crippen LogP contribution < -0.4 is 10.1 Å². The highest BCUT2D eigenvalue weighted by atomic mass is 16.5. The smallest absolute Gasteiger partial charge is 0.143 e. The lowest BCUT2D eigenvalue weighted by Gasteiger charge is -2.21. The predicted octanol–water partition coefficient (Wildman–Crippen LogP) is 3.40. The second-order valence-electron chi connectivity index (χ2n) is 5.41. The van der Waals surface area contributed by atoms with Crippen LogP contribution in [0.2, 0.25) is 0 Å². The van der Waals surface area contributed by atoms with Crippen LogP contribution in [0.1, 0.15) is 37.2 Å². The van der Waals surface area contributed by atoms with E-state index in [0.717, 1.165) is 43.1 Å². The van der Waals surface area contributed by atoms with Gasteiger partial charge in [-0.1, -0.05) is 19.1 Å². The third-order valence-corrected chi connectivity index (χ3v) is 3.99. The summed E-state index contributed by atoms with van der Waals surface area (Å²) in [6.07, 6.45) is 3.29. The maximum absolute atomic E-state index is 6.07. The Kier molecular flexibility index (Phi) is 4.13. The number of hydrogen-bond donors (Lipinski definition) is 1. The number of aromatic nitrogens is 2. The van der Waals surface area contributed by atoms with Crippen LogP contribution in [0.5, 0.6) is 5.75 Å². The summed E-state index contributed by atoms with van der Waals surface area (Å²) in [5.74, 6) is 0.953. The van der Waals surface area contributed by atoms with Gasteiger partial charge in [0.2, 0.25) is 0 Å². The number of nitrogens with one attached hydrogen (secondary N) is 1. The number of anilines is 1. The van der Waals surface area contributed by atoms with Crippen molar-refractivity contribution in [2.45, 2.75) is 46.3 Å². The number of nitrogens with zero attached hydrogens (tertiary/aromatic N) is 2. The van der Waals surface area contributed by atoms with Crippen LogP contribution in [0.25, 0.3) is 0 Å². The van der Waals surface area contributed by atoms with Gasteiger partial charge in [0.05, 0.1) is 17.1 Å². The van der Waals surface area contributed by atoms with Crippen molar-refractivity contribution >= 4 is 5.69 Å². The van der Waals surface area contributed by atoms with Gasteiger partial charge in [-0.2, -0.15) is 5.10 Å². The third-order valence-electron chi connectivity index (χ3n) is 3.99. The van der Waals surface area contributed by atoms with Gasteiger partial charge in [0.15, 0.2) is 0 Å². The average Bonchev–Trinajstić information content (AvgIpc) is 2.95. The molecule has 0 bridgehead atoms. The van der Waals surface area contributed by atoms with Gasteiger partial charge in [0, 0.05) is 13.1 Å². The summed E-state index contributed by atoms with van der Waals surface area (Å²) in [6, 6.07) is 8.45. The molecule has 0 saturated carbocycles. The SMILES string of the molecule is CCc1cc(COc2cccc3c2NCCC3)n(CC)n1. The molecule has 4 nitrogen and oxygen atoms in total. The zero-order chi connectivity index (χ0) is 14.7. The van der Waals surface area contributed by atoms with E-state index in [1.807, 2.05) is 10.7 Å². The number of rotatable bonds is 5. The van der Waals surface area contributed by atoms with E-state index in [2.05, 4.69) is 42.5 Å². The summed E-state index contributed by atoms with van der Waals surface area (Å²) >= 11 is 0. The zero-order valence-electron chi connectivity index (χ0n) is 12.9. The van der Waals surface area contributed by atoms with Crippen LogP contribution in [0, 0.1) is 0 Å². The van der Waals surface area contributed by atoms with Crippen molar-refractivity contribution in [1.29, 1.82) is 0 Å². The van der Waals surface area contributed by atoms with Crippen LogP contribution >= 0.6 is 0 Å². The largest absolute Gasteiger partial charge is 0.485 e. The third kappa shape index (κ3) is 2.89. The van der Waals surface area contributed by atoms with E-state index >= 15 is 0 Å². The fourth-order valence-corrected chi connectivity index (χ4v) is 2.83. The van der Waals surface area contributed by atoms with Crippen molar-refractivity contribution in [1.82, 2.24) is 9.78 Å². The van der Waals surface area contributed by atoms with Crippen LogP contribution in [0.15, 0.2) is 24.3 Å². The summed E-state index contributed by atoms with van der Waals surface area (Å²) in [5.41, 5.74) is 4.80. The van der Waals surface area contributed by atoms with Crippen molar-refractivity contribution in [2.75, 3.05) is 11.9 Å². The van der Waals surface area contributed by atoms with Crippen LogP contribution in [-0.4, -0.2) is 16.3 Å². The van der Waals surface area contributed by atoms with E-state index in [-0.39, 0.29) is 0 Å². The molecule has 0 atom stereocenters. The van der Waals surface area contributed by atoms with Crippen molar-refractivity contribution in [3.8, 4) is 5.75 Å². The van der Waals surface area contributed by atoms with Gasteiger partial charge in [-0.3, -0.25) is 4.68 Å². The summed E-state index contributed by atoms with van der Waals surface area (Å²) in [5, 5.41) is 8.03. The first-order chi connectivity index (χ1) is 10.3. The van der Waals surface area contributed by atoms with Gasteiger partial charge >= 0.3 is 0 Å². The first-order valence-electron chi connectivity index (χ1n) is 7.86. The van der Waals surface area contributed by atoms with Gasteiger partial charge < -0.3 is 10.1 Å². The lowest BCUT2D eigenvalue weighted by Crippen LogP contribution is -2.13. The average molecular weight is 285 g/mol. The van der Waals surface area contributed by atoms with E-state index in [4.69, 9.17) is 4.74 Å². The summed E-state index contributed by atoms with van der Waals surface area (Å²) in [4.78, 5) is 0. The Labute approximate surface area is 126 Å². The summed E-state index contributed by atoms with van der Waals surface area (Å²) < 4.78 is 8.10. The molecule has 0 spiro atoms. The van der Waals surface area contributed by atoms with Gasteiger partial charge in [-0.25, -0.2) is 0 Å². The predicted molar refractivity (Wildman–Crippen MR) is 84.9 cm³/mol. The Morgan fingerprint density at radius 3 is 3.05 bits per heavy atom. The standard InChI is InChI=1S/C17H23N3O/c1-3-14-11-15(20(4-2)19-14)12-21-16-9-5-7-13-8-6-10-18-17(13)16/h5,7,9,11,18H,3-4,6,8,10,12H2,1-2H3. The molecule has 0 aliphatic carbocycles. The summed E-state index contributed by atoms with van der Waals surface area (Å²) in [7, 11) is 0. The van der Waals surface area contributed by atoms with E-state index in [9.17, 15) is 0 Å². The quantitative estimate of drug-likeness (QED) is 0.915. The maximum atomic E-state index is 6.07. The zero-order valence-corrected chi connectivity index (χ0v) is 12.9. The molecule has 2 aromatic rings. The molecule has 1 aliphatic rings. The lowest BCUT2D eigenvalue weighted by molar-refractivity contribution is 0.293. The van der Waals surface area contributed by atoms with Crippen molar-refractivity contribution < 1.29 is 4.74 Å². The molecule has 1 aliphatic heterocycles.